The van der Waals surface area contributed by atoms with E-state index in [0.29, 0.717) is 0 Å². The fourth-order valence-electron chi connectivity index (χ4n) is 1.77. The third kappa shape index (κ3) is 2.96. The van der Waals surface area contributed by atoms with Gasteiger partial charge in [-0.3, -0.25) is 9.69 Å². The zero-order valence-electron chi connectivity index (χ0n) is 9.32. The molecule has 1 unspecified atom stereocenters. The summed E-state index contributed by atoms with van der Waals surface area (Å²) in [5.41, 5.74) is 0. The van der Waals surface area contributed by atoms with Crippen LogP contribution in [0.15, 0.2) is 0 Å². The van der Waals surface area contributed by atoms with Crippen molar-refractivity contribution in [3.63, 3.8) is 0 Å². The second-order valence-corrected chi connectivity index (χ2v) is 3.89. The van der Waals surface area contributed by atoms with Crippen LogP contribution >= 0.6 is 0 Å². The SMILES string of the molecule is COC(=O)C(C)N1CCCN(C)CC1. The van der Waals surface area contributed by atoms with Crippen molar-refractivity contribution in [2.45, 2.75) is 19.4 Å². The van der Waals surface area contributed by atoms with Gasteiger partial charge in [0.15, 0.2) is 0 Å². The third-order valence-corrected chi connectivity index (χ3v) is 2.84. The number of carbonyl (C=O) groups excluding carboxylic acids is 1. The van der Waals surface area contributed by atoms with Gasteiger partial charge in [-0.2, -0.15) is 0 Å². The Morgan fingerprint density at radius 3 is 2.64 bits per heavy atom. The van der Waals surface area contributed by atoms with Gasteiger partial charge in [-0.05, 0) is 26.9 Å². The van der Waals surface area contributed by atoms with E-state index in [1.54, 1.807) is 0 Å². The van der Waals surface area contributed by atoms with Gasteiger partial charge in [0.25, 0.3) is 0 Å². The van der Waals surface area contributed by atoms with E-state index in [-0.39, 0.29) is 12.0 Å². The normalized spacial score (nSPS) is 22.8. The number of likely N-dealkylation sites (N-methyl/N-ethyl adjacent to an activating group) is 1. The number of nitrogens with zero attached hydrogens (tertiary/aromatic N) is 2. The first-order valence-corrected chi connectivity index (χ1v) is 5.15. The highest BCUT2D eigenvalue weighted by atomic mass is 16.5. The number of hydrogen-bond acceptors (Lipinski definition) is 4. The molecule has 1 fully saturated rings. The van der Waals surface area contributed by atoms with Gasteiger partial charge < -0.3 is 9.64 Å². The van der Waals surface area contributed by atoms with Crippen LogP contribution < -0.4 is 0 Å². The number of ether oxygens (including phenoxy) is 1. The largest absolute Gasteiger partial charge is 0.468 e. The quantitative estimate of drug-likeness (QED) is 0.596. The van der Waals surface area contributed by atoms with Gasteiger partial charge in [0.05, 0.1) is 7.11 Å². The summed E-state index contributed by atoms with van der Waals surface area (Å²) in [5.74, 6) is -0.130. The Kier molecular flexibility index (Phi) is 4.35. The van der Waals surface area contributed by atoms with Crippen LogP contribution in [0.4, 0.5) is 0 Å². The minimum absolute atomic E-state index is 0.105. The summed E-state index contributed by atoms with van der Waals surface area (Å²) in [5, 5.41) is 0. The van der Waals surface area contributed by atoms with Gasteiger partial charge in [0.2, 0.25) is 0 Å². The topological polar surface area (TPSA) is 32.8 Å². The molecule has 1 heterocycles. The van der Waals surface area contributed by atoms with Crippen LogP contribution in [0.1, 0.15) is 13.3 Å². The Balaban J connectivity index is 2.46. The lowest BCUT2D eigenvalue weighted by atomic mass is 10.2. The molecule has 0 N–H and O–H groups in total. The van der Waals surface area contributed by atoms with Crippen LogP contribution in [-0.4, -0.2) is 62.1 Å². The molecule has 0 aromatic carbocycles. The molecule has 0 aliphatic carbocycles. The van der Waals surface area contributed by atoms with Crippen LogP contribution in [-0.2, 0) is 9.53 Å². The van der Waals surface area contributed by atoms with E-state index in [9.17, 15) is 4.79 Å². The first kappa shape index (κ1) is 11.5. The first-order valence-electron chi connectivity index (χ1n) is 5.15. The Hall–Kier alpha value is -0.610. The van der Waals surface area contributed by atoms with Crippen molar-refractivity contribution in [2.24, 2.45) is 0 Å². The molecule has 0 saturated carbocycles. The summed E-state index contributed by atoms with van der Waals surface area (Å²) in [6.07, 6.45) is 1.12. The van der Waals surface area contributed by atoms with Gasteiger partial charge in [-0.1, -0.05) is 0 Å². The summed E-state index contributed by atoms with van der Waals surface area (Å²) < 4.78 is 4.74. The lowest BCUT2D eigenvalue weighted by Crippen LogP contribution is -2.41. The highest BCUT2D eigenvalue weighted by Crippen LogP contribution is 2.06. The van der Waals surface area contributed by atoms with Crippen LogP contribution in [0.2, 0.25) is 0 Å². The van der Waals surface area contributed by atoms with E-state index in [1.807, 2.05) is 6.92 Å². The summed E-state index contributed by atoms with van der Waals surface area (Å²) in [7, 11) is 3.56. The van der Waals surface area contributed by atoms with Crippen molar-refractivity contribution in [3.8, 4) is 0 Å². The maximum Gasteiger partial charge on any atom is 0.322 e. The molecule has 1 rings (SSSR count). The lowest BCUT2D eigenvalue weighted by molar-refractivity contribution is -0.146. The molecule has 1 aliphatic heterocycles. The molecule has 1 aliphatic rings. The molecule has 4 heteroatoms. The minimum Gasteiger partial charge on any atom is -0.468 e. The fraction of sp³-hybridized carbons (Fsp3) is 0.900. The van der Waals surface area contributed by atoms with Gasteiger partial charge in [0.1, 0.15) is 6.04 Å². The number of methoxy groups -OCH3 is 1. The van der Waals surface area contributed by atoms with Crippen molar-refractivity contribution in [1.82, 2.24) is 9.80 Å². The van der Waals surface area contributed by atoms with E-state index in [4.69, 9.17) is 4.74 Å². The molecule has 82 valence electrons. The maximum atomic E-state index is 11.3. The molecular formula is C10H20N2O2. The van der Waals surface area contributed by atoms with Crippen molar-refractivity contribution >= 4 is 5.97 Å². The monoisotopic (exact) mass is 200 g/mol. The average Bonchev–Trinajstić information content (AvgIpc) is 2.40. The smallest absolute Gasteiger partial charge is 0.322 e. The zero-order valence-corrected chi connectivity index (χ0v) is 9.32. The van der Waals surface area contributed by atoms with Gasteiger partial charge in [-0.25, -0.2) is 0 Å². The van der Waals surface area contributed by atoms with E-state index in [1.165, 1.54) is 7.11 Å². The highest BCUT2D eigenvalue weighted by Gasteiger charge is 2.23. The van der Waals surface area contributed by atoms with Crippen LogP contribution in [0.5, 0.6) is 0 Å². The molecule has 0 aromatic rings. The first-order chi connectivity index (χ1) is 6.65. The molecule has 4 nitrogen and oxygen atoms in total. The van der Waals surface area contributed by atoms with Crippen LogP contribution in [0.25, 0.3) is 0 Å². The predicted octanol–water partition coefficient (Wildman–Crippen LogP) is 0.185. The second kappa shape index (κ2) is 5.32. The zero-order chi connectivity index (χ0) is 10.6. The van der Waals surface area contributed by atoms with Gasteiger partial charge >= 0.3 is 5.97 Å². The molecule has 0 amide bonds. The Bertz CT molecular complexity index is 197. The highest BCUT2D eigenvalue weighted by molar-refractivity contribution is 5.75. The molecule has 0 aromatic heterocycles. The molecule has 1 atom stereocenters. The summed E-state index contributed by atoms with van der Waals surface area (Å²) >= 11 is 0. The minimum atomic E-state index is -0.130. The van der Waals surface area contributed by atoms with Crippen molar-refractivity contribution < 1.29 is 9.53 Å². The molecule has 0 bridgehead atoms. The maximum absolute atomic E-state index is 11.3. The molecule has 1 saturated heterocycles. The third-order valence-electron chi connectivity index (χ3n) is 2.84. The second-order valence-electron chi connectivity index (χ2n) is 3.89. The Morgan fingerprint density at radius 1 is 1.29 bits per heavy atom. The predicted molar refractivity (Wildman–Crippen MR) is 55.2 cm³/mol. The van der Waals surface area contributed by atoms with E-state index in [0.717, 1.165) is 32.6 Å². The molecule has 0 radical (unpaired) electrons. The van der Waals surface area contributed by atoms with Gasteiger partial charge in [-0.15, -0.1) is 0 Å². The van der Waals surface area contributed by atoms with E-state index >= 15 is 0 Å². The van der Waals surface area contributed by atoms with Crippen LogP contribution in [0, 0.1) is 0 Å². The lowest BCUT2D eigenvalue weighted by Gasteiger charge is -2.25. The molecular weight excluding hydrogens is 180 g/mol. The fourth-order valence-corrected chi connectivity index (χ4v) is 1.77. The number of carbonyl (C=O) groups is 1. The Morgan fingerprint density at radius 2 is 2.00 bits per heavy atom. The molecule has 14 heavy (non-hydrogen) atoms. The standard InChI is InChI=1S/C10H20N2O2/c1-9(10(13)14-3)12-6-4-5-11(2)7-8-12/h9H,4-8H2,1-3H3. The van der Waals surface area contributed by atoms with Crippen molar-refractivity contribution in [2.75, 3.05) is 40.3 Å². The molecule has 0 spiro atoms. The summed E-state index contributed by atoms with van der Waals surface area (Å²) in [4.78, 5) is 15.8. The number of esters is 1. The van der Waals surface area contributed by atoms with E-state index < -0.39 is 0 Å². The number of rotatable bonds is 2. The van der Waals surface area contributed by atoms with Crippen LogP contribution in [0.3, 0.4) is 0 Å². The van der Waals surface area contributed by atoms with Crippen molar-refractivity contribution in [1.29, 1.82) is 0 Å². The summed E-state index contributed by atoms with van der Waals surface area (Å²) in [6, 6.07) is -0.105. The van der Waals surface area contributed by atoms with E-state index in [2.05, 4.69) is 16.8 Å². The van der Waals surface area contributed by atoms with Crippen molar-refractivity contribution in [3.05, 3.63) is 0 Å². The van der Waals surface area contributed by atoms with Gasteiger partial charge in [0, 0.05) is 19.6 Å². The Labute approximate surface area is 85.8 Å². The summed E-state index contributed by atoms with van der Waals surface area (Å²) in [6.45, 7) is 6.00. The average molecular weight is 200 g/mol. The number of hydrogen-bond donors (Lipinski definition) is 0.